The third-order valence-corrected chi connectivity index (χ3v) is 5.11. The van der Waals surface area contributed by atoms with Crippen molar-refractivity contribution in [2.45, 2.75) is 25.3 Å². The molecule has 0 aliphatic heterocycles. The van der Waals surface area contributed by atoms with Gasteiger partial charge in [-0.2, -0.15) is 0 Å². The number of carbonyl (C=O) groups excluding carboxylic acids is 2. The number of aryl methyl sites for hydroxylation is 1. The zero-order chi connectivity index (χ0) is 20.9. The van der Waals surface area contributed by atoms with Crippen LogP contribution in [0, 0.1) is 12.7 Å². The zero-order valence-corrected chi connectivity index (χ0v) is 16.3. The number of amides is 1. The monoisotopic (exact) mass is 408 g/mol. The largest absolute Gasteiger partial charge is 0.452 e. The summed E-state index contributed by atoms with van der Waals surface area (Å²) in [6.45, 7) is 3.28. The molecule has 7 nitrogen and oxygen atoms in total. The van der Waals surface area contributed by atoms with Gasteiger partial charge in [-0.3, -0.25) is 4.79 Å². The Hall–Kier alpha value is -2.78. The first-order chi connectivity index (χ1) is 13.1. The maximum absolute atomic E-state index is 13.3. The minimum atomic E-state index is -3.99. The van der Waals surface area contributed by atoms with Crippen LogP contribution in [0.5, 0.6) is 0 Å². The SMILES string of the molecule is CCN(Cc1cccc(F)c1)C(=O)COC(=O)c1ccc(C)c(S(N)(=O)=O)c1. The average molecular weight is 408 g/mol. The quantitative estimate of drug-likeness (QED) is 0.705. The summed E-state index contributed by atoms with van der Waals surface area (Å²) in [4.78, 5) is 25.7. The van der Waals surface area contributed by atoms with Crippen LogP contribution in [0.1, 0.15) is 28.4 Å². The molecule has 2 N–H and O–H groups in total. The van der Waals surface area contributed by atoms with Crippen LogP contribution in [0.4, 0.5) is 4.39 Å². The number of esters is 1. The molecule has 1 amide bonds. The van der Waals surface area contributed by atoms with E-state index >= 15 is 0 Å². The number of likely N-dealkylation sites (N-methyl/N-ethyl adjacent to an activating group) is 1. The number of primary sulfonamides is 1. The van der Waals surface area contributed by atoms with Crippen LogP contribution in [-0.2, 0) is 26.1 Å². The van der Waals surface area contributed by atoms with Gasteiger partial charge in [0.2, 0.25) is 10.0 Å². The molecule has 0 fully saturated rings. The van der Waals surface area contributed by atoms with Crippen molar-refractivity contribution < 1.29 is 27.1 Å². The predicted molar refractivity (Wildman–Crippen MR) is 100 cm³/mol. The summed E-state index contributed by atoms with van der Waals surface area (Å²) in [6, 6.07) is 9.79. The van der Waals surface area contributed by atoms with Crippen molar-refractivity contribution in [2.75, 3.05) is 13.2 Å². The number of hydrogen-bond donors (Lipinski definition) is 1. The van der Waals surface area contributed by atoms with Crippen LogP contribution in [-0.4, -0.2) is 38.3 Å². The number of ether oxygens (including phenoxy) is 1. The molecule has 0 spiro atoms. The molecule has 0 saturated heterocycles. The number of rotatable bonds is 7. The maximum Gasteiger partial charge on any atom is 0.338 e. The number of nitrogens with zero attached hydrogens (tertiary/aromatic N) is 1. The van der Waals surface area contributed by atoms with E-state index < -0.39 is 34.3 Å². The second-order valence-corrected chi connectivity index (χ2v) is 7.67. The molecule has 0 aromatic heterocycles. The van der Waals surface area contributed by atoms with E-state index in [-0.39, 0.29) is 17.0 Å². The number of benzene rings is 2. The highest BCUT2D eigenvalue weighted by Gasteiger charge is 2.19. The van der Waals surface area contributed by atoms with Gasteiger partial charge in [-0.05, 0) is 49.2 Å². The molecule has 0 aliphatic carbocycles. The first-order valence-corrected chi connectivity index (χ1v) is 9.99. The molecule has 9 heteroatoms. The Morgan fingerprint density at radius 1 is 1.18 bits per heavy atom. The van der Waals surface area contributed by atoms with Gasteiger partial charge < -0.3 is 9.64 Å². The summed E-state index contributed by atoms with van der Waals surface area (Å²) in [5, 5.41) is 5.12. The summed E-state index contributed by atoms with van der Waals surface area (Å²) in [7, 11) is -3.99. The fraction of sp³-hybridized carbons (Fsp3) is 0.263. The van der Waals surface area contributed by atoms with Gasteiger partial charge in [-0.1, -0.05) is 18.2 Å². The lowest BCUT2D eigenvalue weighted by molar-refractivity contribution is -0.134. The molecular formula is C19H21FN2O5S. The molecular weight excluding hydrogens is 387 g/mol. The summed E-state index contributed by atoms with van der Waals surface area (Å²) in [5.74, 6) is -1.71. The standard InChI is InChI=1S/C19H21FN2O5S/c1-3-22(11-14-5-4-6-16(20)9-14)18(23)12-27-19(24)15-8-7-13(2)17(10-15)28(21,25)26/h4-10H,3,11-12H2,1-2H3,(H2,21,25,26). The first-order valence-electron chi connectivity index (χ1n) is 8.44. The van der Waals surface area contributed by atoms with Crippen molar-refractivity contribution in [1.82, 2.24) is 4.90 Å². The van der Waals surface area contributed by atoms with E-state index in [1.165, 1.54) is 29.2 Å². The molecule has 0 bridgehead atoms. The van der Waals surface area contributed by atoms with Gasteiger partial charge in [0.25, 0.3) is 5.91 Å². The predicted octanol–water partition coefficient (Wildman–Crippen LogP) is 1.99. The van der Waals surface area contributed by atoms with Gasteiger partial charge in [0.1, 0.15) is 5.82 Å². The average Bonchev–Trinajstić information content (AvgIpc) is 2.63. The molecule has 0 saturated carbocycles. The second kappa shape index (κ2) is 8.94. The lowest BCUT2D eigenvalue weighted by atomic mass is 10.1. The number of carbonyl (C=O) groups is 2. The molecule has 0 unspecified atom stereocenters. The Morgan fingerprint density at radius 2 is 1.89 bits per heavy atom. The summed E-state index contributed by atoms with van der Waals surface area (Å²) >= 11 is 0. The Labute approximate surface area is 163 Å². The molecule has 2 aromatic rings. The molecule has 150 valence electrons. The molecule has 28 heavy (non-hydrogen) atoms. The Kier molecular flexibility index (Phi) is 6.87. The summed E-state index contributed by atoms with van der Waals surface area (Å²) < 4.78 is 41.4. The van der Waals surface area contributed by atoms with Crippen molar-refractivity contribution >= 4 is 21.9 Å². The lowest BCUT2D eigenvalue weighted by Gasteiger charge is -2.21. The van der Waals surface area contributed by atoms with E-state index in [4.69, 9.17) is 9.88 Å². The molecule has 0 radical (unpaired) electrons. The number of sulfonamides is 1. The van der Waals surface area contributed by atoms with Crippen molar-refractivity contribution in [3.63, 3.8) is 0 Å². The van der Waals surface area contributed by atoms with E-state index in [9.17, 15) is 22.4 Å². The second-order valence-electron chi connectivity index (χ2n) is 6.14. The third kappa shape index (κ3) is 5.61. The zero-order valence-electron chi connectivity index (χ0n) is 15.5. The summed E-state index contributed by atoms with van der Waals surface area (Å²) in [5.41, 5.74) is 0.968. The Morgan fingerprint density at radius 3 is 2.50 bits per heavy atom. The van der Waals surface area contributed by atoms with Gasteiger partial charge in [-0.15, -0.1) is 0 Å². The molecule has 2 aromatic carbocycles. The number of nitrogens with two attached hydrogens (primary N) is 1. The summed E-state index contributed by atoms with van der Waals surface area (Å²) in [6.07, 6.45) is 0. The van der Waals surface area contributed by atoms with Gasteiger partial charge >= 0.3 is 5.97 Å². The van der Waals surface area contributed by atoms with E-state index in [2.05, 4.69) is 0 Å². The number of hydrogen-bond acceptors (Lipinski definition) is 5. The van der Waals surface area contributed by atoms with E-state index in [0.717, 1.165) is 6.07 Å². The van der Waals surface area contributed by atoms with Gasteiger partial charge in [0.05, 0.1) is 10.5 Å². The molecule has 2 rings (SSSR count). The number of halogens is 1. The topological polar surface area (TPSA) is 107 Å². The highest BCUT2D eigenvalue weighted by molar-refractivity contribution is 7.89. The van der Waals surface area contributed by atoms with Crippen LogP contribution < -0.4 is 5.14 Å². The normalized spacial score (nSPS) is 11.1. The third-order valence-electron chi connectivity index (χ3n) is 4.05. The minimum absolute atomic E-state index is 0.0318. The van der Waals surface area contributed by atoms with Gasteiger partial charge in [0, 0.05) is 13.1 Å². The van der Waals surface area contributed by atoms with E-state index in [1.807, 2.05) is 0 Å². The van der Waals surface area contributed by atoms with Crippen LogP contribution in [0.3, 0.4) is 0 Å². The Bertz CT molecular complexity index is 992. The lowest BCUT2D eigenvalue weighted by Crippen LogP contribution is -2.34. The van der Waals surface area contributed by atoms with Crippen LogP contribution in [0.15, 0.2) is 47.4 Å². The van der Waals surface area contributed by atoms with Crippen molar-refractivity contribution in [3.05, 3.63) is 65.0 Å². The van der Waals surface area contributed by atoms with Crippen LogP contribution >= 0.6 is 0 Å². The fourth-order valence-electron chi connectivity index (χ4n) is 2.57. The smallest absolute Gasteiger partial charge is 0.338 e. The van der Waals surface area contributed by atoms with Crippen molar-refractivity contribution in [3.8, 4) is 0 Å². The van der Waals surface area contributed by atoms with Crippen LogP contribution in [0.2, 0.25) is 0 Å². The fourth-order valence-corrected chi connectivity index (χ4v) is 3.38. The minimum Gasteiger partial charge on any atom is -0.452 e. The highest BCUT2D eigenvalue weighted by Crippen LogP contribution is 2.16. The Balaban J connectivity index is 2.04. The maximum atomic E-state index is 13.3. The van der Waals surface area contributed by atoms with Gasteiger partial charge in [0.15, 0.2) is 6.61 Å². The van der Waals surface area contributed by atoms with Gasteiger partial charge in [-0.25, -0.2) is 22.7 Å². The molecule has 0 atom stereocenters. The van der Waals surface area contributed by atoms with Crippen molar-refractivity contribution in [2.24, 2.45) is 5.14 Å². The van der Waals surface area contributed by atoms with Crippen LogP contribution in [0.25, 0.3) is 0 Å². The van der Waals surface area contributed by atoms with E-state index in [0.29, 0.717) is 17.7 Å². The molecule has 0 heterocycles. The van der Waals surface area contributed by atoms with Crippen molar-refractivity contribution in [1.29, 1.82) is 0 Å². The first kappa shape index (κ1) is 21.5. The molecule has 0 aliphatic rings. The van der Waals surface area contributed by atoms with E-state index in [1.54, 1.807) is 26.0 Å². The highest BCUT2D eigenvalue weighted by atomic mass is 32.2.